The van der Waals surface area contributed by atoms with Gasteiger partial charge in [-0.1, -0.05) is 0 Å². The molecule has 1 aliphatic heterocycles. The van der Waals surface area contributed by atoms with Gasteiger partial charge in [-0.2, -0.15) is 5.10 Å². The summed E-state index contributed by atoms with van der Waals surface area (Å²) >= 11 is 1.27. The lowest BCUT2D eigenvalue weighted by Crippen LogP contribution is -2.26. The average molecular weight is 448 g/mol. The molecule has 1 aliphatic rings. The second kappa shape index (κ2) is 10.3. The van der Waals surface area contributed by atoms with Crippen molar-refractivity contribution in [1.82, 2.24) is 25.4 Å². The monoisotopic (exact) mass is 447 g/mol. The normalized spacial score (nSPS) is 15.6. The lowest BCUT2D eigenvalue weighted by molar-refractivity contribution is 0.0955. The van der Waals surface area contributed by atoms with Gasteiger partial charge >= 0.3 is 0 Å². The van der Waals surface area contributed by atoms with E-state index in [0.717, 1.165) is 30.8 Å². The molecule has 28 heavy (non-hydrogen) atoms. The van der Waals surface area contributed by atoms with Crippen LogP contribution in [0.1, 0.15) is 39.5 Å². The molecule has 0 radical (unpaired) electrons. The number of hydrogen-bond acceptors (Lipinski definition) is 6. The molecule has 2 N–H and O–H groups in total. The highest BCUT2D eigenvalue weighted by Crippen LogP contribution is 2.28. The van der Waals surface area contributed by atoms with E-state index in [9.17, 15) is 9.59 Å². The zero-order valence-corrected chi connectivity index (χ0v) is 18.9. The molecule has 3 heterocycles. The van der Waals surface area contributed by atoms with Gasteiger partial charge in [0, 0.05) is 13.6 Å². The summed E-state index contributed by atoms with van der Waals surface area (Å²) in [6.07, 6.45) is 2.15. The predicted molar refractivity (Wildman–Crippen MR) is 117 cm³/mol. The second-order valence-corrected chi connectivity index (χ2v) is 7.85. The second-order valence-electron chi connectivity index (χ2n) is 6.85. The number of hydrogen-bond donors (Lipinski definition) is 2. The first kappa shape index (κ1) is 24.6. The standard InChI is InChI=1S/C18H25N5O2S.2ClH/c1-10-11(2)22-23(4)18(25)14(10)17-21-12(3)15(26-17)16(24)20-8-6-13-5-7-19-9-13;;/h13,19H,5-9H2,1-4H3,(H,20,24);2*1H. The van der Waals surface area contributed by atoms with Crippen LogP contribution in [0, 0.1) is 26.7 Å². The Balaban J connectivity index is 0.00000196. The summed E-state index contributed by atoms with van der Waals surface area (Å²) in [6, 6.07) is 0. The van der Waals surface area contributed by atoms with Crippen LogP contribution in [0.5, 0.6) is 0 Å². The molecule has 0 saturated carbocycles. The SMILES string of the molecule is Cc1nc(-c2c(C)c(C)nn(C)c2=O)sc1C(=O)NCCC1CCNC1.Cl.Cl. The lowest BCUT2D eigenvalue weighted by Gasteiger charge is -2.08. The van der Waals surface area contributed by atoms with Crippen molar-refractivity contribution in [3.8, 4) is 10.6 Å². The van der Waals surface area contributed by atoms with Gasteiger partial charge in [-0.25, -0.2) is 9.67 Å². The van der Waals surface area contributed by atoms with Crippen molar-refractivity contribution < 1.29 is 4.79 Å². The minimum atomic E-state index is -0.192. The summed E-state index contributed by atoms with van der Waals surface area (Å²) in [7, 11) is 1.63. The molecule has 10 heteroatoms. The molecule has 1 unspecified atom stereocenters. The first-order chi connectivity index (χ1) is 12.4. The fourth-order valence-electron chi connectivity index (χ4n) is 3.25. The van der Waals surface area contributed by atoms with Crippen LogP contribution in [0.4, 0.5) is 0 Å². The summed E-state index contributed by atoms with van der Waals surface area (Å²) in [5.41, 5.74) is 2.58. The summed E-state index contributed by atoms with van der Waals surface area (Å²) < 4.78 is 1.32. The van der Waals surface area contributed by atoms with Crippen LogP contribution in [-0.2, 0) is 7.05 Å². The van der Waals surface area contributed by atoms with Crippen molar-refractivity contribution in [2.45, 2.75) is 33.6 Å². The third kappa shape index (κ3) is 5.11. The first-order valence-electron chi connectivity index (χ1n) is 8.89. The van der Waals surface area contributed by atoms with Crippen LogP contribution in [0.3, 0.4) is 0 Å². The van der Waals surface area contributed by atoms with Gasteiger partial charge in [0.15, 0.2) is 0 Å². The molecule has 1 atom stereocenters. The quantitative estimate of drug-likeness (QED) is 0.734. The van der Waals surface area contributed by atoms with Crippen LogP contribution < -0.4 is 16.2 Å². The number of rotatable bonds is 5. The van der Waals surface area contributed by atoms with Crippen molar-refractivity contribution in [3.05, 3.63) is 32.2 Å². The number of thiazole rings is 1. The van der Waals surface area contributed by atoms with Gasteiger partial charge in [-0.05, 0) is 58.2 Å². The number of halogens is 2. The Morgan fingerprint density at radius 1 is 1.29 bits per heavy atom. The molecule has 0 spiro atoms. The summed E-state index contributed by atoms with van der Waals surface area (Å²) in [5, 5.41) is 11.1. The Bertz CT molecular complexity index is 891. The van der Waals surface area contributed by atoms with E-state index in [1.165, 1.54) is 22.4 Å². The molecule has 0 bridgehead atoms. The van der Waals surface area contributed by atoms with E-state index in [1.54, 1.807) is 7.05 Å². The topological polar surface area (TPSA) is 88.9 Å². The van der Waals surface area contributed by atoms with E-state index < -0.39 is 0 Å². The molecule has 7 nitrogen and oxygen atoms in total. The molecule has 2 aromatic rings. The maximum absolute atomic E-state index is 12.5. The van der Waals surface area contributed by atoms with E-state index in [1.807, 2.05) is 20.8 Å². The fraction of sp³-hybridized carbons (Fsp3) is 0.556. The Labute approximate surface area is 181 Å². The highest BCUT2D eigenvalue weighted by molar-refractivity contribution is 7.17. The van der Waals surface area contributed by atoms with Crippen molar-refractivity contribution >= 4 is 42.1 Å². The van der Waals surface area contributed by atoms with Gasteiger partial charge in [0.25, 0.3) is 11.5 Å². The number of aromatic nitrogens is 3. The van der Waals surface area contributed by atoms with Crippen LogP contribution in [0.15, 0.2) is 4.79 Å². The molecule has 0 aliphatic carbocycles. The smallest absolute Gasteiger partial charge is 0.277 e. The van der Waals surface area contributed by atoms with Gasteiger partial charge < -0.3 is 10.6 Å². The molecule has 2 aromatic heterocycles. The largest absolute Gasteiger partial charge is 0.351 e. The molecule has 3 rings (SSSR count). The number of aryl methyl sites for hydroxylation is 3. The Kier molecular flexibility index (Phi) is 9.07. The zero-order valence-electron chi connectivity index (χ0n) is 16.5. The van der Waals surface area contributed by atoms with E-state index in [-0.39, 0.29) is 36.3 Å². The summed E-state index contributed by atoms with van der Waals surface area (Å²) in [5.74, 6) is 0.524. The number of amides is 1. The van der Waals surface area contributed by atoms with Gasteiger partial charge in [0.1, 0.15) is 9.88 Å². The van der Waals surface area contributed by atoms with Gasteiger partial charge in [-0.3, -0.25) is 9.59 Å². The molecule has 1 amide bonds. The zero-order chi connectivity index (χ0) is 18.8. The minimum absolute atomic E-state index is 0. The van der Waals surface area contributed by atoms with E-state index in [4.69, 9.17) is 0 Å². The number of nitrogens with zero attached hydrogens (tertiary/aromatic N) is 3. The summed E-state index contributed by atoms with van der Waals surface area (Å²) in [4.78, 5) is 30.1. The maximum atomic E-state index is 12.5. The van der Waals surface area contributed by atoms with Crippen molar-refractivity contribution in [2.24, 2.45) is 13.0 Å². The minimum Gasteiger partial charge on any atom is -0.351 e. The highest BCUT2D eigenvalue weighted by Gasteiger charge is 2.21. The molecular weight excluding hydrogens is 421 g/mol. The van der Waals surface area contributed by atoms with Gasteiger partial charge in [0.05, 0.1) is 17.0 Å². The van der Waals surface area contributed by atoms with Crippen molar-refractivity contribution in [3.63, 3.8) is 0 Å². The lowest BCUT2D eigenvalue weighted by atomic mass is 10.1. The van der Waals surface area contributed by atoms with Gasteiger partial charge in [0.2, 0.25) is 0 Å². The summed E-state index contributed by atoms with van der Waals surface area (Å²) in [6.45, 7) is 8.30. The van der Waals surface area contributed by atoms with Crippen LogP contribution in [0.25, 0.3) is 10.6 Å². The molecule has 1 fully saturated rings. The van der Waals surface area contributed by atoms with Crippen LogP contribution in [0.2, 0.25) is 0 Å². The number of carbonyl (C=O) groups is 1. The van der Waals surface area contributed by atoms with E-state index in [0.29, 0.717) is 33.6 Å². The van der Waals surface area contributed by atoms with E-state index >= 15 is 0 Å². The van der Waals surface area contributed by atoms with Gasteiger partial charge in [-0.15, -0.1) is 36.2 Å². The third-order valence-corrected chi connectivity index (χ3v) is 6.12. The first-order valence-corrected chi connectivity index (χ1v) is 9.71. The molecule has 1 saturated heterocycles. The number of nitrogens with one attached hydrogen (secondary N) is 2. The van der Waals surface area contributed by atoms with Crippen LogP contribution in [-0.4, -0.2) is 40.3 Å². The maximum Gasteiger partial charge on any atom is 0.277 e. The Morgan fingerprint density at radius 3 is 2.64 bits per heavy atom. The fourth-order valence-corrected chi connectivity index (χ4v) is 4.32. The van der Waals surface area contributed by atoms with Crippen molar-refractivity contribution in [2.75, 3.05) is 19.6 Å². The Morgan fingerprint density at radius 2 is 2.00 bits per heavy atom. The van der Waals surface area contributed by atoms with Crippen molar-refractivity contribution in [1.29, 1.82) is 0 Å². The predicted octanol–water partition coefficient (Wildman–Crippen LogP) is 2.40. The molecular formula is C18H27Cl2N5O2S. The number of carbonyl (C=O) groups excluding carboxylic acids is 1. The highest BCUT2D eigenvalue weighted by atomic mass is 35.5. The Hall–Kier alpha value is -1.48. The average Bonchev–Trinajstić information content (AvgIpc) is 3.23. The van der Waals surface area contributed by atoms with Crippen LogP contribution >= 0.6 is 36.2 Å². The third-order valence-electron chi connectivity index (χ3n) is 4.94. The molecule has 156 valence electrons. The van der Waals surface area contributed by atoms with E-state index in [2.05, 4.69) is 20.7 Å². The molecule has 0 aromatic carbocycles.